The lowest BCUT2D eigenvalue weighted by Gasteiger charge is -2.31. The van der Waals surface area contributed by atoms with Gasteiger partial charge in [0.1, 0.15) is 11.6 Å². The maximum absolute atomic E-state index is 12.4. The summed E-state index contributed by atoms with van der Waals surface area (Å²) >= 11 is 13.2. The largest absolute Gasteiger partial charge is 0.493 e. The second-order valence-electron chi connectivity index (χ2n) is 17.8. The first-order valence-electron chi connectivity index (χ1n) is 23.4. The smallest absolute Gasteiger partial charge is 0.258 e. The van der Waals surface area contributed by atoms with E-state index in [1.54, 1.807) is 46.0 Å². The molecular weight excluding hydrogens is 968 g/mol. The number of carbonyl (C=O) groups is 2. The molecule has 2 fully saturated rings. The van der Waals surface area contributed by atoms with Gasteiger partial charge in [-0.3, -0.25) is 29.2 Å². The average molecular weight is 1020 g/mol. The van der Waals surface area contributed by atoms with Crippen LogP contribution in [0.4, 0.5) is 0 Å². The van der Waals surface area contributed by atoms with Crippen molar-refractivity contribution in [1.82, 2.24) is 60.6 Å². The molecule has 10 rings (SSSR count). The van der Waals surface area contributed by atoms with Crippen LogP contribution in [-0.2, 0) is 36.5 Å². The number of amides is 2. The molecule has 0 bridgehead atoms. The molecule has 4 aromatic carbocycles. The van der Waals surface area contributed by atoms with Crippen molar-refractivity contribution in [2.75, 3.05) is 27.4 Å². The minimum Gasteiger partial charge on any atom is -0.493 e. The maximum Gasteiger partial charge on any atom is 0.258 e. The molecule has 4 heterocycles. The first-order valence-corrected chi connectivity index (χ1v) is 24.2. The Hall–Kier alpha value is -7.26. The van der Waals surface area contributed by atoms with Gasteiger partial charge in [-0.25, -0.2) is 9.97 Å². The van der Waals surface area contributed by atoms with Crippen molar-refractivity contribution in [2.45, 2.75) is 75.7 Å². The van der Waals surface area contributed by atoms with Crippen LogP contribution < -0.4 is 29.6 Å². The van der Waals surface area contributed by atoms with Crippen LogP contribution >= 0.6 is 23.2 Å². The fourth-order valence-electron chi connectivity index (χ4n) is 8.70. The number of H-pyrrole nitrogens is 2. The number of rotatable bonds is 16. The number of ether oxygens (including phenoxy) is 4. The van der Waals surface area contributed by atoms with Crippen LogP contribution in [0.3, 0.4) is 0 Å². The first kappa shape index (κ1) is 49.7. The lowest BCUT2D eigenvalue weighted by Crippen LogP contribution is -2.48. The van der Waals surface area contributed by atoms with Gasteiger partial charge in [-0.2, -0.15) is 20.4 Å². The molecule has 22 heteroatoms. The molecule has 0 radical (unpaired) electrons. The summed E-state index contributed by atoms with van der Waals surface area (Å²) in [5, 5.41) is 51.2. The molecule has 2 aliphatic rings. The second-order valence-corrected chi connectivity index (χ2v) is 18.5. The Bertz CT molecular complexity index is 3220. The Kier molecular flexibility index (Phi) is 15.2. The highest BCUT2D eigenvalue weighted by atomic mass is 35.5. The molecular formula is C50H54Cl2N12O8. The van der Waals surface area contributed by atoms with Crippen LogP contribution in [0.25, 0.3) is 44.6 Å². The number of nitrogens with one attached hydrogen (secondary N) is 4. The molecule has 0 spiro atoms. The number of aromatic amines is 2. The number of aryl methyl sites for hydroxylation is 2. The highest BCUT2D eigenvalue weighted by Gasteiger charge is 2.29. The van der Waals surface area contributed by atoms with Gasteiger partial charge < -0.3 is 39.8 Å². The second kappa shape index (κ2) is 22.0. The van der Waals surface area contributed by atoms with E-state index in [4.69, 9.17) is 52.1 Å². The number of aliphatic hydroxyl groups excluding tert-OH is 2. The number of aromatic nitrogens is 10. The summed E-state index contributed by atoms with van der Waals surface area (Å²) in [4.78, 5) is 33.9. The molecule has 0 saturated heterocycles. The Morgan fingerprint density at radius 3 is 1.64 bits per heavy atom. The summed E-state index contributed by atoms with van der Waals surface area (Å²) in [6, 6.07) is 18.2. The zero-order valence-corrected chi connectivity index (χ0v) is 41.5. The number of methoxy groups -OCH3 is 2. The van der Waals surface area contributed by atoms with Crippen molar-refractivity contribution < 1.29 is 38.7 Å². The van der Waals surface area contributed by atoms with Crippen LogP contribution in [-0.4, -0.2) is 124 Å². The third-order valence-corrected chi connectivity index (χ3v) is 13.7. The molecule has 72 heavy (non-hydrogen) atoms. The number of benzene rings is 4. The molecule has 2 aliphatic carbocycles. The van der Waals surface area contributed by atoms with Gasteiger partial charge in [0.2, 0.25) is 0 Å². The summed E-state index contributed by atoms with van der Waals surface area (Å²) in [6.07, 6.45) is 8.21. The minimum atomic E-state index is -0.508. The predicted octanol–water partition coefficient (Wildman–Crippen LogP) is 6.04. The summed E-state index contributed by atoms with van der Waals surface area (Å²) in [7, 11) is 6.75. The molecule has 6 N–H and O–H groups in total. The molecule has 8 aromatic rings. The number of nitrogens with zero attached hydrogens (tertiary/aromatic N) is 8. The quantitative estimate of drug-likeness (QED) is 0.0646. The number of hydrogen-bond acceptors (Lipinski definition) is 14. The lowest BCUT2D eigenvalue weighted by molar-refractivity contribution is -0.125. The van der Waals surface area contributed by atoms with Crippen LogP contribution in [0, 0.1) is 0 Å². The van der Waals surface area contributed by atoms with Crippen molar-refractivity contribution in [3.8, 4) is 45.8 Å². The van der Waals surface area contributed by atoms with Crippen molar-refractivity contribution >= 4 is 56.8 Å². The van der Waals surface area contributed by atoms with E-state index in [1.165, 1.54) is 14.2 Å². The third-order valence-electron chi connectivity index (χ3n) is 12.8. The van der Waals surface area contributed by atoms with Gasteiger partial charge >= 0.3 is 0 Å². The topological polar surface area (TPSA) is 254 Å². The maximum atomic E-state index is 12.4. The fraction of sp³-hybridized carbons (Fsp3) is 0.360. The zero-order valence-electron chi connectivity index (χ0n) is 40.0. The number of carbonyl (C=O) groups excluding carboxylic acids is 2. The van der Waals surface area contributed by atoms with Gasteiger partial charge in [0, 0.05) is 54.9 Å². The Morgan fingerprint density at radius 1 is 0.681 bits per heavy atom. The molecule has 20 nitrogen and oxygen atoms in total. The number of aliphatic hydroxyl groups is 2. The standard InChI is InChI=1S/C26H29ClN6O4.C24H25ClN6O4/c1-33-23(12-15-7-9-18-17(25(15)27)13-28-31-18)30-26(32-33)16-8-10-21(22(11-16)36-2)37-14-24(35)29-19-5-3-4-6-20(19)34;1-31-21(8-13-3-5-18-17(23(13)25)11-26-29-18)28-24(30-31)14-4-6-19(20(7-14)34-2)35-12-22(33)27-15-9-16(32)10-15/h7-11,13,19-20,34H,3-6,12,14H2,1-2H3,(H,28,31)(H,29,35);3-7,11,15-16,32H,8-10,12H2,1-2H3,(H,26,29)(H,27,33). The summed E-state index contributed by atoms with van der Waals surface area (Å²) in [5.41, 5.74) is 5.12. The molecule has 376 valence electrons. The van der Waals surface area contributed by atoms with Gasteiger partial charge in [0.05, 0.1) is 65.9 Å². The highest BCUT2D eigenvalue weighted by molar-refractivity contribution is 6.36. The Labute approximate surface area is 423 Å². The van der Waals surface area contributed by atoms with E-state index >= 15 is 0 Å². The normalized spacial score (nSPS) is 17.4. The summed E-state index contributed by atoms with van der Waals surface area (Å²) in [6.45, 7) is -0.317. The van der Waals surface area contributed by atoms with E-state index in [0.29, 0.717) is 76.8 Å². The van der Waals surface area contributed by atoms with Crippen LogP contribution in [0.15, 0.2) is 73.1 Å². The van der Waals surface area contributed by atoms with Gasteiger partial charge in [0.25, 0.3) is 11.8 Å². The molecule has 0 aliphatic heterocycles. The number of halogens is 2. The predicted molar refractivity (Wildman–Crippen MR) is 268 cm³/mol. The van der Waals surface area contributed by atoms with E-state index in [1.807, 2.05) is 50.5 Å². The average Bonchev–Trinajstić information content (AvgIpc) is 4.20. The van der Waals surface area contributed by atoms with Gasteiger partial charge in [-0.15, -0.1) is 0 Å². The fourth-order valence-corrected chi connectivity index (χ4v) is 9.26. The van der Waals surface area contributed by atoms with Gasteiger partial charge in [-0.1, -0.05) is 48.2 Å². The van der Waals surface area contributed by atoms with Crippen molar-refractivity contribution in [3.63, 3.8) is 0 Å². The highest BCUT2D eigenvalue weighted by Crippen LogP contribution is 2.35. The zero-order chi connectivity index (χ0) is 50.5. The Morgan fingerprint density at radius 2 is 1.17 bits per heavy atom. The van der Waals surface area contributed by atoms with Crippen molar-refractivity contribution in [2.24, 2.45) is 14.1 Å². The monoisotopic (exact) mass is 1020 g/mol. The van der Waals surface area contributed by atoms with Crippen molar-refractivity contribution in [1.29, 1.82) is 0 Å². The Balaban J connectivity index is 0.000000178. The van der Waals surface area contributed by atoms with E-state index in [0.717, 1.165) is 75.0 Å². The molecule has 2 unspecified atom stereocenters. The molecule has 4 aromatic heterocycles. The van der Waals surface area contributed by atoms with Crippen LogP contribution in [0.1, 0.15) is 61.3 Å². The van der Waals surface area contributed by atoms with Crippen LogP contribution in [0.2, 0.25) is 10.0 Å². The lowest BCUT2D eigenvalue weighted by atomic mass is 9.89. The van der Waals surface area contributed by atoms with E-state index in [9.17, 15) is 19.8 Å². The van der Waals surface area contributed by atoms with Crippen LogP contribution in [0.5, 0.6) is 23.0 Å². The molecule has 2 saturated carbocycles. The van der Waals surface area contributed by atoms with E-state index in [2.05, 4.69) is 41.2 Å². The van der Waals surface area contributed by atoms with Gasteiger partial charge in [0.15, 0.2) is 47.9 Å². The minimum absolute atomic E-state index is 0.00581. The number of hydrogen-bond donors (Lipinski definition) is 6. The summed E-state index contributed by atoms with van der Waals surface area (Å²) in [5.74, 6) is 3.86. The van der Waals surface area contributed by atoms with Crippen molar-refractivity contribution in [3.05, 3.63) is 106 Å². The van der Waals surface area contributed by atoms with E-state index < -0.39 is 6.10 Å². The SMILES string of the molecule is COc1cc(-c2nc(Cc3ccc4[nH]ncc4c3Cl)n(C)n2)ccc1OCC(=O)NC1CC(O)C1.COc1cc(-c2nc(Cc3ccc4[nH]ncc4c3Cl)n(C)n2)ccc1OCC(=O)NC1CCCCC1O. The number of fused-ring (bicyclic) bond motifs is 2. The summed E-state index contributed by atoms with van der Waals surface area (Å²) < 4.78 is 25.8. The van der Waals surface area contributed by atoms with E-state index in [-0.39, 0.29) is 43.2 Å². The molecule has 2 amide bonds. The van der Waals surface area contributed by atoms with Gasteiger partial charge in [-0.05, 0) is 85.3 Å². The molecule has 2 atom stereocenters. The third kappa shape index (κ3) is 11.3. The first-order chi connectivity index (χ1) is 34.8.